The van der Waals surface area contributed by atoms with Crippen LogP contribution in [0.1, 0.15) is 77.9 Å². The van der Waals surface area contributed by atoms with Crippen molar-refractivity contribution in [2.24, 2.45) is 4.99 Å². The minimum absolute atomic E-state index is 0.0134. The molecule has 2 saturated heterocycles. The molecule has 3 aliphatic rings. The van der Waals surface area contributed by atoms with E-state index < -0.39 is 11.7 Å². The number of likely N-dealkylation sites (tertiary alicyclic amines) is 1. The lowest BCUT2D eigenvalue weighted by Gasteiger charge is -2.35. The molecule has 2 fully saturated rings. The minimum Gasteiger partial charge on any atom is -0.493 e. The van der Waals surface area contributed by atoms with Crippen LogP contribution in [-0.2, 0) is 13.1 Å². The number of thiophene rings is 1. The van der Waals surface area contributed by atoms with Gasteiger partial charge in [0.25, 0.3) is 11.5 Å². The maximum absolute atomic E-state index is 14.4. The zero-order valence-electron chi connectivity index (χ0n) is 33.0. The molecule has 2 atom stereocenters. The molecule has 304 valence electrons. The van der Waals surface area contributed by atoms with E-state index in [1.165, 1.54) is 43.0 Å². The van der Waals surface area contributed by atoms with Gasteiger partial charge in [0.2, 0.25) is 0 Å². The monoisotopic (exact) mass is 834 g/mol. The third-order valence-corrected chi connectivity index (χ3v) is 13.7. The molecule has 0 unspecified atom stereocenters. The lowest BCUT2D eigenvalue weighted by atomic mass is 9.81. The van der Waals surface area contributed by atoms with Crippen molar-refractivity contribution in [3.63, 3.8) is 0 Å². The molecular formula is C43H43FN8O5S2. The van der Waals surface area contributed by atoms with Crippen LogP contribution in [-0.4, -0.2) is 90.2 Å². The first kappa shape index (κ1) is 38.9. The number of piperidine rings is 1. The fourth-order valence-corrected chi connectivity index (χ4v) is 10.8. The number of aromatic nitrogens is 6. The highest BCUT2D eigenvalue weighted by atomic mass is 32.2. The molecular weight excluding hydrogens is 792 g/mol. The van der Waals surface area contributed by atoms with Crippen LogP contribution in [0.4, 0.5) is 4.39 Å². The number of halogens is 1. The first-order valence-corrected chi connectivity index (χ1v) is 21.9. The summed E-state index contributed by atoms with van der Waals surface area (Å²) in [7, 11) is 1.64. The van der Waals surface area contributed by atoms with E-state index in [-0.39, 0.29) is 35.8 Å². The van der Waals surface area contributed by atoms with Crippen molar-refractivity contribution in [2.45, 2.75) is 64.2 Å². The smallest absolute Gasteiger partial charge is 0.332 e. The summed E-state index contributed by atoms with van der Waals surface area (Å²) in [4.78, 5) is 52.1. The van der Waals surface area contributed by atoms with Gasteiger partial charge >= 0.3 is 5.69 Å². The molecule has 9 rings (SSSR count). The number of fused-ring (bicyclic) bond motifs is 4. The summed E-state index contributed by atoms with van der Waals surface area (Å²) in [5, 5.41) is 12.6. The van der Waals surface area contributed by atoms with E-state index in [4.69, 9.17) is 14.5 Å². The average molecular weight is 835 g/mol. The van der Waals surface area contributed by atoms with E-state index in [9.17, 15) is 18.8 Å². The van der Waals surface area contributed by atoms with E-state index in [1.54, 1.807) is 30.2 Å². The fourth-order valence-electron chi connectivity index (χ4n) is 8.48. The van der Waals surface area contributed by atoms with E-state index in [1.807, 2.05) is 55.9 Å². The molecule has 1 amide bonds. The number of methoxy groups -OCH3 is 1. The molecule has 0 spiro atoms. The normalized spacial score (nSPS) is 18.0. The SMILES string of the molecule is CCOc1cc2c(cc1OC)C(c1cccc(C(=O)N3CCC(n4c(=O)c5sc(-c6ccc(F)cc6)cc5n(Cc5nnn(CC)n5)c4=O)CC3)c1)=N[C@@H]1CCSC[C@H]21. The molecule has 13 nitrogen and oxygen atoms in total. The summed E-state index contributed by atoms with van der Waals surface area (Å²) in [6, 6.07) is 19.3. The van der Waals surface area contributed by atoms with Gasteiger partial charge in [-0.1, -0.05) is 24.3 Å². The quantitative estimate of drug-likeness (QED) is 0.153. The standard InChI is InChI=1S/C43H43FN8O5S2/c1-4-51-47-38(46-48-51)23-50-34-22-37(25-9-11-28(44)12-10-25)59-40(34)42(54)52(43(50)55)29-13-16-49(17-14-29)41(53)27-8-6-7-26(19-27)39-31-21-35(56-3)36(57-5-2)20-30(31)32-24-58-18-15-33(32)45-39/h6-12,19-22,29,32-33H,4-5,13-18,23-24H2,1-3H3/t32-,33-/m1/s1. The molecule has 6 aromatic rings. The number of rotatable bonds is 10. The summed E-state index contributed by atoms with van der Waals surface area (Å²) < 4.78 is 28.8. The lowest BCUT2D eigenvalue weighted by Crippen LogP contribution is -2.47. The molecule has 0 N–H and O–H groups in total. The number of hydrogen-bond acceptors (Lipinski definition) is 11. The summed E-state index contributed by atoms with van der Waals surface area (Å²) >= 11 is 3.21. The summed E-state index contributed by atoms with van der Waals surface area (Å²) in [5.41, 5.74) is 4.76. The summed E-state index contributed by atoms with van der Waals surface area (Å²) in [5.74, 6) is 3.53. The van der Waals surface area contributed by atoms with Crippen molar-refractivity contribution >= 4 is 44.9 Å². The fraction of sp³-hybridized carbons (Fsp3) is 0.372. The minimum atomic E-state index is -0.478. The number of carbonyl (C=O) groups is 1. The predicted molar refractivity (Wildman–Crippen MR) is 227 cm³/mol. The first-order valence-electron chi connectivity index (χ1n) is 20.0. The number of ether oxygens (including phenoxy) is 2. The second kappa shape index (κ2) is 16.2. The Morgan fingerprint density at radius 2 is 1.78 bits per heavy atom. The second-order valence-electron chi connectivity index (χ2n) is 14.9. The Balaban J connectivity index is 0.999. The summed E-state index contributed by atoms with van der Waals surface area (Å²) in [6.45, 7) is 5.63. The third kappa shape index (κ3) is 7.26. The Morgan fingerprint density at radius 3 is 2.53 bits per heavy atom. The Morgan fingerprint density at radius 1 is 0.966 bits per heavy atom. The van der Waals surface area contributed by atoms with Crippen molar-refractivity contribution in [3.8, 4) is 21.9 Å². The Hall–Kier alpha value is -5.61. The lowest BCUT2D eigenvalue weighted by molar-refractivity contribution is 0.0691. The van der Waals surface area contributed by atoms with Gasteiger partial charge in [-0.3, -0.25) is 23.7 Å². The highest BCUT2D eigenvalue weighted by Crippen LogP contribution is 2.44. The number of thioether (sulfide) groups is 1. The molecule has 0 bridgehead atoms. The van der Waals surface area contributed by atoms with Gasteiger partial charge in [-0.25, -0.2) is 9.18 Å². The third-order valence-electron chi connectivity index (χ3n) is 11.5. The number of amides is 1. The Bertz CT molecular complexity index is 2720. The number of benzene rings is 3. The van der Waals surface area contributed by atoms with Gasteiger partial charge in [-0.2, -0.15) is 16.6 Å². The largest absolute Gasteiger partial charge is 0.493 e. The van der Waals surface area contributed by atoms with Crippen LogP contribution in [0.3, 0.4) is 0 Å². The number of aryl methyl sites for hydroxylation is 1. The number of tetrazole rings is 1. The van der Waals surface area contributed by atoms with Gasteiger partial charge in [0.05, 0.1) is 44.1 Å². The van der Waals surface area contributed by atoms with Crippen LogP contribution < -0.4 is 20.7 Å². The molecule has 59 heavy (non-hydrogen) atoms. The van der Waals surface area contributed by atoms with Crippen molar-refractivity contribution < 1.29 is 18.7 Å². The predicted octanol–water partition coefficient (Wildman–Crippen LogP) is 6.41. The zero-order chi connectivity index (χ0) is 40.8. The van der Waals surface area contributed by atoms with E-state index in [0.717, 1.165) is 51.0 Å². The maximum Gasteiger partial charge on any atom is 0.332 e. The molecule has 3 aliphatic heterocycles. The van der Waals surface area contributed by atoms with Crippen molar-refractivity contribution in [1.82, 2.24) is 34.2 Å². The number of carbonyl (C=O) groups excluding carboxylic acids is 1. The Kier molecular flexibility index (Phi) is 10.7. The topological polar surface area (TPSA) is 139 Å². The molecule has 16 heteroatoms. The number of nitrogens with zero attached hydrogens (tertiary/aromatic N) is 8. The molecule has 3 aromatic heterocycles. The highest BCUT2D eigenvalue weighted by Gasteiger charge is 2.36. The van der Waals surface area contributed by atoms with Crippen molar-refractivity contribution in [2.75, 3.05) is 38.3 Å². The second-order valence-corrected chi connectivity index (χ2v) is 17.1. The maximum atomic E-state index is 14.4. The first-order chi connectivity index (χ1) is 28.7. The average Bonchev–Trinajstić information content (AvgIpc) is 3.93. The number of hydrogen-bond donors (Lipinski definition) is 0. The molecule has 3 aromatic carbocycles. The van der Waals surface area contributed by atoms with Crippen LogP contribution in [0.15, 0.2) is 81.3 Å². The molecule has 0 aliphatic carbocycles. The van der Waals surface area contributed by atoms with Gasteiger partial charge in [0, 0.05) is 52.4 Å². The highest BCUT2D eigenvalue weighted by molar-refractivity contribution is 7.99. The van der Waals surface area contributed by atoms with Crippen molar-refractivity contribution in [1.29, 1.82) is 0 Å². The van der Waals surface area contributed by atoms with Crippen LogP contribution in [0.25, 0.3) is 20.7 Å². The number of aliphatic imine (C=N–C) groups is 1. The van der Waals surface area contributed by atoms with Crippen LogP contribution in [0, 0.1) is 5.82 Å². The van der Waals surface area contributed by atoms with Gasteiger partial charge in [-0.05, 0) is 97.7 Å². The Labute approximate surface area is 347 Å². The van der Waals surface area contributed by atoms with Gasteiger partial charge < -0.3 is 14.4 Å². The van der Waals surface area contributed by atoms with E-state index in [2.05, 4.69) is 21.5 Å². The van der Waals surface area contributed by atoms with Gasteiger partial charge in [0.15, 0.2) is 17.3 Å². The van der Waals surface area contributed by atoms with E-state index in [0.29, 0.717) is 66.4 Å². The molecule has 0 saturated carbocycles. The van der Waals surface area contributed by atoms with Crippen LogP contribution in [0.5, 0.6) is 11.5 Å². The van der Waals surface area contributed by atoms with Crippen LogP contribution >= 0.6 is 23.1 Å². The van der Waals surface area contributed by atoms with E-state index >= 15 is 0 Å². The van der Waals surface area contributed by atoms with Crippen LogP contribution in [0.2, 0.25) is 0 Å². The van der Waals surface area contributed by atoms with Crippen molar-refractivity contribution in [3.05, 3.63) is 121 Å². The molecule has 0 radical (unpaired) electrons. The molecule has 6 heterocycles. The van der Waals surface area contributed by atoms with Gasteiger partial charge in [0.1, 0.15) is 10.5 Å². The zero-order valence-corrected chi connectivity index (χ0v) is 34.6. The van der Waals surface area contributed by atoms with Gasteiger partial charge in [-0.15, -0.1) is 21.5 Å². The summed E-state index contributed by atoms with van der Waals surface area (Å²) in [6.07, 6.45) is 1.80.